The lowest BCUT2D eigenvalue weighted by atomic mass is 10.2. The molecule has 1 rings (SSSR count). The third-order valence-electron chi connectivity index (χ3n) is 2.97. The first-order valence-corrected chi connectivity index (χ1v) is 6.28. The van der Waals surface area contributed by atoms with E-state index >= 15 is 0 Å². The number of rotatable bonds is 6. The molecule has 1 N–H and O–H groups in total. The van der Waals surface area contributed by atoms with Crippen molar-refractivity contribution in [1.29, 1.82) is 0 Å². The van der Waals surface area contributed by atoms with Gasteiger partial charge in [0.15, 0.2) is 0 Å². The zero-order valence-corrected chi connectivity index (χ0v) is 11.9. The van der Waals surface area contributed by atoms with Crippen LogP contribution in [0.1, 0.15) is 37.2 Å². The fraction of sp³-hybridized carbons (Fsp3) is 0.692. The highest BCUT2D eigenvalue weighted by Crippen LogP contribution is 2.13. The highest BCUT2D eigenvalue weighted by molar-refractivity contribution is 5.68. The Kier molecular flexibility index (Phi) is 5.34. The van der Waals surface area contributed by atoms with E-state index in [1.807, 2.05) is 18.5 Å². The third-order valence-corrected chi connectivity index (χ3v) is 2.97. The summed E-state index contributed by atoms with van der Waals surface area (Å²) < 4.78 is 6.51. The lowest BCUT2D eigenvalue weighted by Gasteiger charge is -2.08. The van der Waals surface area contributed by atoms with Crippen molar-refractivity contribution in [1.82, 2.24) is 15.1 Å². The molecule has 0 saturated carbocycles. The molecule has 1 aromatic rings. The summed E-state index contributed by atoms with van der Waals surface area (Å²) in [7, 11) is 1.40. The Balaban J connectivity index is 2.71. The predicted molar refractivity (Wildman–Crippen MR) is 70.3 cm³/mol. The molecule has 5 heteroatoms. The van der Waals surface area contributed by atoms with Gasteiger partial charge in [0.25, 0.3) is 0 Å². The summed E-state index contributed by atoms with van der Waals surface area (Å²) in [5.74, 6) is -0.204. The van der Waals surface area contributed by atoms with E-state index in [2.05, 4.69) is 29.0 Å². The predicted octanol–water partition coefficient (Wildman–Crippen LogP) is 1.56. The van der Waals surface area contributed by atoms with Crippen molar-refractivity contribution in [3.63, 3.8) is 0 Å². The average Bonchev–Trinajstić information content (AvgIpc) is 2.59. The smallest absolute Gasteiger partial charge is 0.307 e. The number of hydrogen-bond donors (Lipinski definition) is 1. The second kappa shape index (κ2) is 6.54. The zero-order chi connectivity index (χ0) is 13.7. The Morgan fingerprint density at radius 1 is 1.44 bits per heavy atom. The van der Waals surface area contributed by atoms with Crippen LogP contribution in [0.2, 0.25) is 0 Å². The number of nitrogens with zero attached hydrogens (tertiary/aromatic N) is 2. The molecule has 102 valence electrons. The maximum Gasteiger partial charge on any atom is 0.307 e. The van der Waals surface area contributed by atoms with Gasteiger partial charge < -0.3 is 10.1 Å². The summed E-state index contributed by atoms with van der Waals surface area (Å²) >= 11 is 0. The maximum atomic E-state index is 11.1. The number of esters is 1. The van der Waals surface area contributed by atoms with E-state index in [4.69, 9.17) is 0 Å². The van der Waals surface area contributed by atoms with Crippen LogP contribution in [0.4, 0.5) is 0 Å². The number of aromatic nitrogens is 2. The molecule has 5 nitrogen and oxygen atoms in total. The van der Waals surface area contributed by atoms with Gasteiger partial charge in [-0.1, -0.05) is 13.8 Å². The minimum atomic E-state index is -0.204. The van der Waals surface area contributed by atoms with Gasteiger partial charge in [0, 0.05) is 23.8 Å². The minimum Gasteiger partial charge on any atom is -0.469 e. The van der Waals surface area contributed by atoms with Crippen molar-refractivity contribution in [2.75, 3.05) is 7.11 Å². The van der Waals surface area contributed by atoms with Crippen LogP contribution >= 0.6 is 0 Å². The van der Waals surface area contributed by atoms with Crippen LogP contribution in [0.25, 0.3) is 0 Å². The van der Waals surface area contributed by atoms with E-state index in [0.29, 0.717) is 19.0 Å². The largest absolute Gasteiger partial charge is 0.469 e. The number of ether oxygens (including phenoxy) is 1. The monoisotopic (exact) mass is 253 g/mol. The first-order valence-electron chi connectivity index (χ1n) is 6.28. The summed E-state index contributed by atoms with van der Waals surface area (Å²) in [6.07, 6.45) is 0.357. The van der Waals surface area contributed by atoms with Crippen molar-refractivity contribution < 1.29 is 9.53 Å². The van der Waals surface area contributed by atoms with Crippen molar-refractivity contribution in [2.24, 2.45) is 0 Å². The van der Waals surface area contributed by atoms with Crippen LogP contribution in [0.15, 0.2) is 0 Å². The molecule has 0 unspecified atom stereocenters. The number of hydrogen-bond acceptors (Lipinski definition) is 4. The molecule has 0 saturated heterocycles. The highest BCUT2D eigenvalue weighted by Gasteiger charge is 2.12. The summed E-state index contributed by atoms with van der Waals surface area (Å²) in [4.78, 5) is 11.1. The van der Waals surface area contributed by atoms with Gasteiger partial charge in [-0.05, 0) is 13.8 Å². The van der Waals surface area contributed by atoms with Gasteiger partial charge in [-0.15, -0.1) is 0 Å². The Morgan fingerprint density at radius 3 is 2.67 bits per heavy atom. The lowest BCUT2D eigenvalue weighted by molar-refractivity contribution is -0.140. The molecular formula is C13H23N3O2. The molecule has 0 atom stereocenters. The molecular weight excluding hydrogens is 230 g/mol. The topological polar surface area (TPSA) is 56.2 Å². The minimum absolute atomic E-state index is 0.204. The molecule has 18 heavy (non-hydrogen) atoms. The highest BCUT2D eigenvalue weighted by atomic mass is 16.5. The van der Waals surface area contributed by atoms with Crippen LogP contribution in [0.3, 0.4) is 0 Å². The van der Waals surface area contributed by atoms with Crippen molar-refractivity contribution >= 4 is 5.97 Å². The van der Waals surface area contributed by atoms with Crippen molar-refractivity contribution in [3.05, 3.63) is 17.0 Å². The van der Waals surface area contributed by atoms with Gasteiger partial charge in [-0.2, -0.15) is 5.10 Å². The van der Waals surface area contributed by atoms with Gasteiger partial charge in [0.2, 0.25) is 0 Å². The summed E-state index contributed by atoms with van der Waals surface area (Å²) in [5, 5.41) is 7.85. The van der Waals surface area contributed by atoms with E-state index in [1.165, 1.54) is 12.7 Å². The summed E-state index contributed by atoms with van der Waals surface area (Å²) in [6.45, 7) is 9.65. The molecule has 0 aliphatic rings. The number of nitrogens with one attached hydrogen (secondary N) is 1. The third kappa shape index (κ3) is 3.84. The summed E-state index contributed by atoms with van der Waals surface area (Å²) in [5.41, 5.74) is 3.35. The SMILES string of the molecule is COC(=O)CCn1nc(C)c(CNC(C)C)c1C. The van der Waals surface area contributed by atoms with Crippen LogP contribution in [0.5, 0.6) is 0 Å². The quantitative estimate of drug-likeness (QED) is 0.782. The van der Waals surface area contributed by atoms with Gasteiger partial charge in [-0.3, -0.25) is 9.48 Å². The van der Waals surface area contributed by atoms with E-state index in [9.17, 15) is 4.79 Å². The number of carbonyl (C=O) groups excluding carboxylic acids is 1. The molecule has 0 fully saturated rings. The Morgan fingerprint density at radius 2 is 2.11 bits per heavy atom. The Labute approximate surface area is 109 Å². The van der Waals surface area contributed by atoms with E-state index < -0.39 is 0 Å². The second-order valence-corrected chi connectivity index (χ2v) is 4.73. The molecule has 0 bridgehead atoms. The average molecular weight is 253 g/mol. The van der Waals surface area contributed by atoms with Crippen LogP contribution < -0.4 is 5.32 Å². The molecule has 0 radical (unpaired) electrons. The van der Waals surface area contributed by atoms with Crippen LogP contribution in [0, 0.1) is 13.8 Å². The van der Waals surface area contributed by atoms with Crippen LogP contribution in [-0.4, -0.2) is 28.9 Å². The molecule has 0 amide bonds. The molecule has 0 aliphatic carbocycles. The van der Waals surface area contributed by atoms with Crippen LogP contribution in [-0.2, 0) is 22.6 Å². The van der Waals surface area contributed by atoms with Gasteiger partial charge in [0.1, 0.15) is 0 Å². The second-order valence-electron chi connectivity index (χ2n) is 4.73. The lowest BCUT2D eigenvalue weighted by Crippen LogP contribution is -2.22. The van der Waals surface area contributed by atoms with E-state index in [-0.39, 0.29) is 5.97 Å². The molecule has 1 heterocycles. The van der Waals surface area contributed by atoms with Gasteiger partial charge in [-0.25, -0.2) is 0 Å². The first-order chi connectivity index (χ1) is 8.45. The zero-order valence-electron chi connectivity index (χ0n) is 11.9. The number of aryl methyl sites for hydroxylation is 2. The van der Waals surface area contributed by atoms with Crippen molar-refractivity contribution in [3.8, 4) is 0 Å². The summed E-state index contributed by atoms with van der Waals surface area (Å²) in [6, 6.07) is 0.446. The van der Waals surface area contributed by atoms with Gasteiger partial charge >= 0.3 is 5.97 Å². The molecule has 0 aromatic carbocycles. The molecule has 0 aliphatic heterocycles. The maximum absolute atomic E-state index is 11.1. The number of carbonyl (C=O) groups is 1. The van der Waals surface area contributed by atoms with Crippen molar-refractivity contribution in [2.45, 2.75) is 53.2 Å². The normalized spacial score (nSPS) is 11.0. The number of methoxy groups -OCH3 is 1. The van der Waals surface area contributed by atoms with E-state index in [0.717, 1.165) is 17.9 Å². The Hall–Kier alpha value is -1.36. The fourth-order valence-corrected chi connectivity index (χ4v) is 1.81. The fourth-order valence-electron chi connectivity index (χ4n) is 1.81. The van der Waals surface area contributed by atoms with E-state index in [1.54, 1.807) is 0 Å². The standard InChI is InChI=1S/C13H23N3O2/c1-9(2)14-8-12-10(3)15-16(11(12)4)7-6-13(17)18-5/h9,14H,6-8H2,1-5H3. The molecule has 0 spiro atoms. The molecule has 1 aromatic heterocycles. The van der Waals surface area contributed by atoms with Gasteiger partial charge in [0.05, 0.1) is 25.8 Å². The first kappa shape index (κ1) is 14.7. The Bertz CT molecular complexity index is 411.